The van der Waals surface area contributed by atoms with Crippen LogP contribution in [0.2, 0.25) is 5.15 Å². The molecule has 1 aromatic heterocycles. The molecule has 11 heteroatoms. The Balaban J connectivity index is 2.27. The quantitative estimate of drug-likeness (QED) is 0.167. The Hall–Kier alpha value is -2.85. The number of alkyl halides is 3. The highest BCUT2D eigenvalue weighted by atomic mass is 35.5. The molecular formula is C22H26ClF3N3O4+. The van der Waals surface area contributed by atoms with Gasteiger partial charge in [-0.05, 0) is 50.7 Å². The first kappa shape index (κ1) is 26.4. The second-order valence-corrected chi connectivity index (χ2v) is 7.34. The van der Waals surface area contributed by atoms with Gasteiger partial charge in [0.05, 0.1) is 17.7 Å². The van der Waals surface area contributed by atoms with Crippen LogP contribution in [0.15, 0.2) is 35.5 Å². The molecule has 0 saturated heterocycles. The first-order valence-electron chi connectivity index (χ1n) is 10.2. The molecule has 3 N–H and O–H groups in total. The minimum absolute atomic E-state index is 0.0225. The van der Waals surface area contributed by atoms with E-state index in [9.17, 15) is 18.0 Å². The van der Waals surface area contributed by atoms with Crippen molar-refractivity contribution in [2.45, 2.75) is 32.4 Å². The number of nitrogens with zero attached hydrogens (tertiary/aromatic N) is 2. The number of carbonyl (C=O) groups is 1. The number of benzene rings is 1. The van der Waals surface area contributed by atoms with Gasteiger partial charge in [-0.2, -0.15) is 13.2 Å². The lowest BCUT2D eigenvalue weighted by molar-refractivity contribution is -0.0588. The van der Waals surface area contributed by atoms with Crippen molar-refractivity contribution in [3.63, 3.8) is 0 Å². The number of halogens is 4. The highest BCUT2D eigenvalue weighted by molar-refractivity contribution is 6.29. The van der Waals surface area contributed by atoms with Gasteiger partial charge in [0.25, 0.3) is 5.75 Å². The van der Waals surface area contributed by atoms with E-state index in [-0.39, 0.29) is 16.5 Å². The Morgan fingerprint density at radius 2 is 2.03 bits per heavy atom. The van der Waals surface area contributed by atoms with Crippen LogP contribution in [-0.2, 0) is 11.2 Å². The number of pyridine rings is 1. The summed E-state index contributed by atoms with van der Waals surface area (Å²) >= 11 is 5.64. The van der Waals surface area contributed by atoms with Crippen LogP contribution in [0.4, 0.5) is 13.2 Å². The summed E-state index contributed by atoms with van der Waals surface area (Å²) in [4.78, 5) is 19.2. The maximum atomic E-state index is 13.8. The average Bonchev–Trinajstić information content (AvgIpc) is 2.76. The minimum atomic E-state index is -4.86. The summed E-state index contributed by atoms with van der Waals surface area (Å²) in [5.74, 6) is -0.829. The zero-order valence-electron chi connectivity index (χ0n) is 18.3. The second kappa shape index (κ2) is 12.4. The molecule has 2 aromatic rings. The van der Waals surface area contributed by atoms with Gasteiger partial charge in [0.15, 0.2) is 12.4 Å². The predicted octanol–water partition coefficient (Wildman–Crippen LogP) is 4.28. The number of nitrogens with one attached hydrogen (secondary N) is 1. The van der Waals surface area contributed by atoms with Crippen molar-refractivity contribution >= 4 is 23.3 Å². The number of esters is 1. The third kappa shape index (κ3) is 7.61. The van der Waals surface area contributed by atoms with E-state index in [4.69, 9.17) is 26.2 Å². The van der Waals surface area contributed by atoms with Crippen molar-refractivity contribution in [3.8, 4) is 11.5 Å². The molecule has 0 saturated carbocycles. The molecule has 2 rings (SSSR count). The summed E-state index contributed by atoms with van der Waals surface area (Å²) in [5.41, 5.74) is -1.30. The normalized spacial score (nSPS) is 12.0. The highest BCUT2D eigenvalue weighted by Crippen LogP contribution is 2.36. The maximum absolute atomic E-state index is 13.8. The van der Waals surface area contributed by atoms with Crippen molar-refractivity contribution in [1.82, 2.24) is 10.3 Å². The van der Waals surface area contributed by atoms with Gasteiger partial charge in [0.1, 0.15) is 16.5 Å². The van der Waals surface area contributed by atoms with E-state index in [1.165, 1.54) is 18.2 Å². The smallest absolute Gasteiger partial charge is 0.434 e. The number of hydrogen-bond donors (Lipinski definition) is 1. The number of rotatable bonds is 11. The summed E-state index contributed by atoms with van der Waals surface area (Å²) in [6.45, 7) is 2.08. The maximum Gasteiger partial charge on any atom is 0.434 e. The van der Waals surface area contributed by atoms with Gasteiger partial charge in [-0.15, -0.1) is 0 Å². The molecule has 0 aliphatic carbocycles. The Kier molecular flexibility index (Phi) is 9.93. The number of hydrogen-bond acceptors (Lipinski definition) is 6. The molecule has 0 unspecified atom stereocenters. The van der Waals surface area contributed by atoms with E-state index in [0.717, 1.165) is 18.8 Å². The molecule has 180 valence electrons. The second-order valence-electron chi connectivity index (χ2n) is 6.96. The van der Waals surface area contributed by atoms with E-state index < -0.39 is 30.2 Å². The summed E-state index contributed by atoms with van der Waals surface area (Å²) in [7, 11) is 1.81. The van der Waals surface area contributed by atoms with Crippen LogP contribution < -0.4 is 10.1 Å². The first-order valence-corrected chi connectivity index (χ1v) is 10.6. The van der Waals surface area contributed by atoms with Gasteiger partial charge in [0, 0.05) is 6.20 Å². The van der Waals surface area contributed by atoms with Crippen LogP contribution in [0, 0.1) is 0 Å². The van der Waals surface area contributed by atoms with Gasteiger partial charge in [-0.1, -0.05) is 24.9 Å². The van der Waals surface area contributed by atoms with Crippen LogP contribution in [0.25, 0.3) is 0 Å². The Morgan fingerprint density at radius 1 is 1.27 bits per heavy atom. The SMILES string of the molecule is CCCc1c(OCCCNC)ccc(/C(=N/COC(=O)c2ccc(Cl)nc2)C(F)(F)F)c1[OH2+]. The molecule has 0 atom stereocenters. The third-order valence-corrected chi connectivity index (χ3v) is 4.73. The fourth-order valence-electron chi connectivity index (χ4n) is 2.95. The number of aromatic nitrogens is 1. The molecule has 0 fully saturated rings. The lowest BCUT2D eigenvalue weighted by atomic mass is 10.00. The van der Waals surface area contributed by atoms with E-state index >= 15 is 0 Å². The molecule has 1 heterocycles. The van der Waals surface area contributed by atoms with E-state index in [0.29, 0.717) is 37.2 Å². The largest absolute Gasteiger partial charge is 0.593 e. The monoisotopic (exact) mass is 488 g/mol. The van der Waals surface area contributed by atoms with Gasteiger partial charge >= 0.3 is 12.1 Å². The molecule has 0 aliphatic rings. The lowest BCUT2D eigenvalue weighted by Gasteiger charge is -2.16. The summed E-state index contributed by atoms with van der Waals surface area (Å²) < 4.78 is 51.8. The fraction of sp³-hybridized carbons (Fsp3) is 0.409. The van der Waals surface area contributed by atoms with Gasteiger partial charge in [0.2, 0.25) is 0 Å². The summed E-state index contributed by atoms with van der Waals surface area (Å²) in [5, 5.41) is 11.5. The van der Waals surface area contributed by atoms with Crippen LogP contribution in [0.1, 0.15) is 41.3 Å². The zero-order valence-corrected chi connectivity index (χ0v) is 19.0. The summed E-state index contributed by atoms with van der Waals surface area (Å²) in [6, 6.07) is 5.27. The predicted molar refractivity (Wildman–Crippen MR) is 120 cm³/mol. The lowest BCUT2D eigenvalue weighted by Crippen LogP contribution is -2.25. The van der Waals surface area contributed by atoms with Crippen molar-refractivity contribution in [1.29, 1.82) is 0 Å². The number of aliphatic imine (C=N–C) groups is 1. The van der Waals surface area contributed by atoms with Crippen LogP contribution in [0.3, 0.4) is 0 Å². The minimum Gasteiger partial charge on any atom is -0.593 e. The topological polar surface area (TPSA) is 95.7 Å². The Labute approximate surface area is 194 Å². The third-order valence-electron chi connectivity index (χ3n) is 4.50. The van der Waals surface area contributed by atoms with Crippen molar-refractivity contribution in [2.24, 2.45) is 4.99 Å². The molecule has 1 aromatic carbocycles. The standard InChI is InChI=1S/C22H25ClF3N3O4/c1-3-5-15-17(32-11-4-10-27-2)8-7-16(19(15)30)20(22(24,25)26)29-13-33-21(31)14-6-9-18(23)28-12-14/h6-9,12,27,30H,3-5,10-11,13H2,1-2H3/p+1/b29-20-. The highest BCUT2D eigenvalue weighted by Gasteiger charge is 2.40. The van der Waals surface area contributed by atoms with Crippen LogP contribution in [-0.4, -0.2) is 54.9 Å². The zero-order chi connectivity index (χ0) is 24.4. The summed E-state index contributed by atoms with van der Waals surface area (Å²) in [6.07, 6.45) is -2.01. The van der Waals surface area contributed by atoms with E-state index in [1.54, 1.807) is 7.05 Å². The van der Waals surface area contributed by atoms with E-state index in [2.05, 4.69) is 15.3 Å². The molecule has 0 amide bonds. The number of ether oxygens (including phenoxy) is 2. The molecule has 0 aliphatic heterocycles. The first-order chi connectivity index (χ1) is 15.7. The molecule has 7 nitrogen and oxygen atoms in total. The van der Waals surface area contributed by atoms with E-state index in [1.807, 2.05) is 6.92 Å². The number of carbonyl (C=O) groups excluding carboxylic acids is 1. The Bertz CT molecular complexity index is 967. The molecule has 0 bridgehead atoms. The van der Waals surface area contributed by atoms with Crippen molar-refractivity contribution < 1.29 is 32.5 Å². The fourth-order valence-corrected chi connectivity index (χ4v) is 3.07. The van der Waals surface area contributed by atoms with Crippen LogP contribution >= 0.6 is 11.6 Å². The van der Waals surface area contributed by atoms with Crippen molar-refractivity contribution in [3.05, 3.63) is 52.3 Å². The van der Waals surface area contributed by atoms with Crippen molar-refractivity contribution in [2.75, 3.05) is 26.9 Å². The van der Waals surface area contributed by atoms with Gasteiger partial charge < -0.3 is 19.9 Å². The molecule has 0 radical (unpaired) electrons. The molecular weight excluding hydrogens is 463 g/mol. The average molecular weight is 489 g/mol. The van der Waals surface area contributed by atoms with Gasteiger partial charge in [-0.25, -0.2) is 14.8 Å². The molecule has 0 spiro atoms. The van der Waals surface area contributed by atoms with Crippen LogP contribution in [0.5, 0.6) is 11.5 Å². The van der Waals surface area contributed by atoms with Gasteiger partial charge in [-0.3, -0.25) is 0 Å². The Morgan fingerprint density at radius 3 is 2.64 bits per heavy atom. The molecule has 33 heavy (non-hydrogen) atoms.